The van der Waals surface area contributed by atoms with Crippen molar-refractivity contribution in [3.8, 4) is 11.5 Å². The summed E-state index contributed by atoms with van der Waals surface area (Å²) >= 11 is 5.88. The largest absolute Gasteiger partial charge is 0.493 e. The van der Waals surface area contributed by atoms with Gasteiger partial charge in [-0.15, -0.1) is 0 Å². The predicted octanol–water partition coefficient (Wildman–Crippen LogP) is 2.42. The van der Waals surface area contributed by atoms with Crippen LogP contribution in [0.5, 0.6) is 11.5 Å². The maximum absolute atomic E-state index is 10.4. The standard InChI is InChI=1S/C14H15ClN2O3/c1-19-11-4-3-8(5-12(11)20-2)13(18)10-6-9(15)7-17-14(10)16/h3-7,13,18H,1-2H3,(H2,16,17). The molecular formula is C14H15ClN2O3. The summed E-state index contributed by atoms with van der Waals surface area (Å²) in [5.41, 5.74) is 6.83. The molecule has 0 spiro atoms. The van der Waals surface area contributed by atoms with Gasteiger partial charge in [0.25, 0.3) is 0 Å². The molecule has 1 aromatic heterocycles. The van der Waals surface area contributed by atoms with Gasteiger partial charge in [-0.2, -0.15) is 0 Å². The van der Waals surface area contributed by atoms with E-state index in [1.807, 2.05) is 0 Å². The minimum atomic E-state index is -0.944. The van der Waals surface area contributed by atoms with Crippen molar-refractivity contribution < 1.29 is 14.6 Å². The summed E-state index contributed by atoms with van der Waals surface area (Å²) < 4.78 is 10.4. The molecule has 0 bridgehead atoms. The average molecular weight is 295 g/mol. The van der Waals surface area contributed by atoms with Crippen molar-refractivity contribution in [2.75, 3.05) is 20.0 Å². The van der Waals surface area contributed by atoms with Crippen molar-refractivity contribution in [2.24, 2.45) is 0 Å². The van der Waals surface area contributed by atoms with Gasteiger partial charge in [0.1, 0.15) is 11.9 Å². The van der Waals surface area contributed by atoms with Crippen molar-refractivity contribution >= 4 is 17.4 Å². The Morgan fingerprint density at radius 3 is 2.55 bits per heavy atom. The number of methoxy groups -OCH3 is 2. The first-order valence-corrected chi connectivity index (χ1v) is 6.25. The van der Waals surface area contributed by atoms with Crippen LogP contribution >= 0.6 is 11.6 Å². The minimum absolute atomic E-state index is 0.233. The van der Waals surface area contributed by atoms with Gasteiger partial charge in [0.15, 0.2) is 11.5 Å². The third kappa shape index (κ3) is 2.79. The highest BCUT2D eigenvalue weighted by molar-refractivity contribution is 6.30. The monoisotopic (exact) mass is 294 g/mol. The number of nitrogens with two attached hydrogens (primary N) is 1. The van der Waals surface area contributed by atoms with E-state index < -0.39 is 6.10 Å². The van der Waals surface area contributed by atoms with E-state index in [1.54, 1.807) is 31.4 Å². The van der Waals surface area contributed by atoms with Crippen molar-refractivity contribution in [3.05, 3.63) is 46.6 Å². The Hall–Kier alpha value is -1.98. The van der Waals surface area contributed by atoms with Crippen LogP contribution in [-0.2, 0) is 0 Å². The van der Waals surface area contributed by atoms with Crippen LogP contribution in [0.25, 0.3) is 0 Å². The van der Waals surface area contributed by atoms with Crippen LogP contribution in [0.15, 0.2) is 30.5 Å². The maximum atomic E-state index is 10.4. The Balaban J connectivity index is 2.42. The lowest BCUT2D eigenvalue weighted by Gasteiger charge is -2.15. The molecule has 0 amide bonds. The maximum Gasteiger partial charge on any atom is 0.161 e. The second kappa shape index (κ2) is 5.98. The Morgan fingerprint density at radius 1 is 1.20 bits per heavy atom. The zero-order valence-electron chi connectivity index (χ0n) is 11.1. The lowest BCUT2D eigenvalue weighted by atomic mass is 10.0. The Morgan fingerprint density at radius 2 is 1.90 bits per heavy atom. The van der Waals surface area contributed by atoms with Gasteiger partial charge in [0.05, 0.1) is 19.2 Å². The highest BCUT2D eigenvalue weighted by atomic mass is 35.5. The summed E-state index contributed by atoms with van der Waals surface area (Å²) in [4.78, 5) is 3.93. The number of pyridine rings is 1. The first-order valence-electron chi connectivity index (χ1n) is 5.87. The lowest BCUT2D eigenvalue weighted by Crippen LogP contribution is -2.06. The summed E-state index contributed by atoms with van der Waals surface area (Å²) in [5, 5.41) is 10.8. The molecule has 0 aliphatic carbocycles. The molecule has 0 saturated carbocycles. The highest BCUT2D eigenvalue weighted by Crippen LogP contribution is 2.33. The quantitative estimate of drug-likeness (QED) is 0.905. The molecule has 0 radical (unpaired) electrons. The molecule has 0 fully saturated rings. The fourth-order valence-corrected chi connectivity index (χ4v) is 2.05. The van der Waals surface area contributed by atoms with Gasteiger partial charge in [-0.3, -0.25) is 0 Å². The first kappa shape index (κ1) is 14.4. The number of nitrogens with zero attached hydrogens (tertiary/aromatic N) is 1. The molecule has 3 N–H and O–H groups in total. The van der Waals surface area contributed by atoms with Gasteiger partial charge in [0, 0.05) is 11.8 Å². The highest BCUT2D eigenvalue weighted by Gasteiger charge is 2.17. The van der Waals surface area contributed by atoms with Crippen LogP contribution in [0.2, 0.25) is 5.02 Å². The van der Waals surface area contributed by atoms with Gasteiger partial charge < -0.3 is 20.3 Å². The fourth-order valence-electron chi connectivity index (χ4n) is 1.89. The van der Waals surface area contributed by atoms with E-state index in [0.29, 0.717) is 27.6 Å². The topological polar surface area (TPSA) is 77.6 Å². The number of aliphatic hydroxyl groups is 1. The molecule has 5 nitrogen and oxygen atoms in total. The zero-order valence-corrected chi connectivity index (χ0v) is 11.9. The molecule has 2 aromatic rings. The van der Waals surface area contributed by atoms with E-state index in [9.17, 15) is 5.11 Å². The van der Waals surface area contributed by atoms with Gasteiger partial charge >= 0.3 is 0 Å². The number of benzene rings is 1. The normalized spacial score (nSPS) is 12.0. The number of hydrogen-bond acceptors (Lipinski definition) is 5. The molecule has 0 saturated heterocycles. The van der Waals surface area contributed by atoms with E-state index >= 15 is 0 Å². The zero-order chi connectivity index (χ0) is 14.7. The molecule has 1 heterocycles. The first-order chi connectivity index (χ1) is 9.56. The van der Waals surface area contributed by atoms with Crippen LogP contribution in [0.3, 0.4) is 0 Å². The van der Waals surface area contributed by atoms with E-state index in [4.69, 9.17) is 26.8 Å². The van der Waals surface area contributed by atoms with Crippen molar-refractivity contribution in [2.45, 2.75) is 6.10 Å². The smallest absolute Gasteiger partial charge is 0.161 e. The van der Waals surface area contributed by atoms with Crippen molar-refractivity contribution in [3.63, 3.8) is 0 Å². The van der Waals surface area contributed by atoms with Crippen LogP contribution in [0, 0.1) is 0 Å². The van der Waals surface area contributed by atoms with E-state index in [-0.39, 0.29) is 5.82 Å². The summed E-state index contributed by atoms with van der Waals surface area (Å²) in [6.07, 6.45) is 0.489. The summed E-state index contributed by atoms with van der Waals surface area (Å²) in [6.45, 7) is 0. The third-order valence-electron chi connectivity index (χ3n) is 2.93. The number of hydrogen-bond donors (Lipinski definition) is 2. The van der Waals surface area contributed by atoms with Crippen LogP contribution in [-0.4, -0.2) is 24.3 Å². The second-order valence-electron chi connectivity index (χ2n) is 4.14. The van der Waals surface area contributed by atoms with Gasteiger partial charge in [-0.05, 0) is 23.8 Å². The second-order valence-corrected chi connectivity index (χ2v) is 4.58. The molecule has 1 aromatic carbocycles. The van der Waals surface area contributed by atoms with Crippen LogP contribution in [0.4, 0.5) is 5.82 Å². The van der Waals surface area contributed by atoms with Gasteiger partial charge in [-0.25, -0.2) is 4.98 Å². The third-order valence-corrected chi connectivity index (χ3v) is 3.14. The van der Waals surface area contributed by atoms with Crippen molar-refractivity contribution in [1.29, 1.82) is 0 Å². The minimum Gasteiger partial charge on any atom is -0.493 e. The Bertz CT molecular complexity index is 619. The molecule has 106 valence electrons. The summed E-state index contributed by atoms with van der Waals surface area (Å²) in [5.74, 6) is 1.34. The molecule has 1 unspecified atom stereocenters. The Kier molecular flexibility index (Phi) is 4.32. The molecule has 0 aliphatic rings. The number of ether oxygens (including phenoxy) is 2. The number of nitrogen functional groups attached to an aromatic ring is 1. The van der Waals surface area contributed by atoms with Crippen molar-refractivity contribution in [1.82, 2.24) is 4.98 Å². The number of rotatable bonds is 4. The van der Waals surface area contributed by atoms with Crippen LogP contribution < -0.4 is 15.2 Å². The number of halogens is 1. The van der Waals surface area contributed by atoms with Crippen LogP contribution in [0.1, 0.15) is 17.2 Å². The average Bonchev–Trinajstić information content (AvgIpc) is 2.48. The SMILES string of the molecule is COc1ccc(C(O)c2cc(Cl)cnc2N)cc1OC. The van der Waals surface area contributed by atoms with E-state index in [0.717, 1.165) is 0 Å². The number of aliphatic hydroxyl groups excluding tert-OH is 1. The molecular weight excluding hydrogens is 280 g/mol. The number of aromatic nitrogens is 1. The molecule has 20 heavy (non-hydrogen) atoms. The summed E-state index contributed by atoms with van der Waals surface area (Å²) in [7, 11) is 3.08. The fraction of sp³-hybridized carbons (Fsp3) is 0.214. The molecule has 0 aliphatic heterocycles. The molecule has 2 rings (SSSR count). The summed E-state index contributed by atoms with van der Waals surface area (Å²) in [6, 6.07) is 6.72. The molecule has 6 heteroatoms. The van der Waals surface area contributed by atoms with E-state index in [2.05, 4.69) is 4.98 Å². The van der Waals surface area contributed by atoms with Gasteiger partial charge in [-0.1, -0.05) is 17.7 Å². The number of anilines is 1. The van der Waals surface area contributed by atoms with E-state index in [1.165, 1.54) is 13.3 Å². The Labute approximate surface area is 121 Å². The van der Waals surface area contributed by atoms with Gasteiger partial charge in [0.2, 0.25) is 0 Å². The molecule has 1 atom stereocenters. The lowest BCUT2D eigenvalue weighted by molar-refractivity contribution is 0.220. The predicted molar refractivity (Wildman–Crippen MR) is 77.3 cm³/mol.